The second kappa shape index (κ2) is 8.75. The summed E-state index contributed by atoms with van der Waals surface area (Å²) in [4.78, 5) is 39.4. The van der Waals surface area contributed by atoms with Gasteiger partial charge in [-0.3, -0.25) is 19.9 Å². The van der Waals surface area contributed by atoms with Crippen molar-refractivity contribution in [2.24, 2.45) is 0 Å². The summed E-state index contributed by atoms with van der Waals surface area (Å²) >= 11 is 0. The van der Waals surface area contributed by atoms with Gasteiger partial charge in [0.1, 0.15) is 0 Å². The lowest BCUT2D eigenvalue weighted by Crippen LogP contribution is -2.37. The first kappa shape index (κ1) is 19.1. The first-order chi connectivity index (χ1) is 12.3. The van der Waals surface area contributed by atoms with E-state index in [9.17, 15) is 14.4 Å². The number of amides is 3. The van der Waals surface area contributed by atoms with Crippen molar-refractivity contribution < 1.29 is 19.1 Å². The van der Waals surface area contributed by atoms with Crippen molar-refractivity contribution in [2.45, 2.75) is 27.2 Å². The van der Waals surface area contributed by atoms with Crippen LogP contribution in [0.2, 0.25) is 0 Å². The van der Waals surface area contributed by atoms with Crippen LogP contribution in [0, 0.1) is 20.8 Å². The summed E-state index contributed by atoms with van der Waals surface area (Å²) in [5, 5.41) is 4.72. The molecule has 0 atom stereocenters. The number of rotatable bonds is 5. The molecule has 0 fully saturated rings. The molecule has 2 N–H and O–H groups in total. The third-order valence-corrected chi connectivity index (χ3v) is 3.79. The Morgan fingerprint density at radius 1 is 1.08 bits per heavy atom. The molecular weight excluding hydrogens is 334 g/mol. The van der Waals surface area contributed by atoms with Gasteiger partial charge in [0.05, 0.1) is 6.42 Å². The fraction of sp³-hybridized carbons (Fsp3) is 0.263. The Labute approximate surface area is 151 Å². The van der Waals surface area contributed by atoms with Gasteiger partial charge in [-0.25, -0.2) is 4.79 Å². The predicted octanol–water partition coefficient (Wildman–Crippen LogP) is 2.44. The van der Waals surface area contributed by atoms with E-state index in [4.69, 9.17) is 4.74 Å². The highest BCUT2D eigenvalue weighted by Crippen LogP contribution is 2.17. The van der Waals surface area contributed by atoms with E-state index >= 15 is 0 Å². The van der Waals surface area contributed by atoms with Crippen LogP contribution in [0.4, 0.5) is 10.5 Å². The number of esters is 1. The van der Waals surface area contributed by atoms with E-state index in [-0.39, 0.29) is 6.42 Å². The van der Waals surface area contributed by atoms with Gasteiger partial charge < -0.3 is 10.1 Å². The van der Waals surface area contributed by atoms with Crippen molar-refractivity contribution in [3.8, 4) is 0 Å². The SMILES string of the molecule is Cc1ccc(CC(=O)OCC(=O)NC(=O)Nc2cccc(C)c2C)cn1. The number of pyridine rings is 1. The Hall–Kier alpha value is -3.22. The van der Waals surface area contributed by atoms with Crippen molar-refractivity contribution >= 4 is 23.6 Å². The van der Waals surface area contributed by atoms with E-state index in [0.29, 0.717) is 11.3 Å². The number of carbonyl (C=O) groups excluding carboxylic acids is 3. The summed E-state index contributed by atoms with van der Waals surface area (Å²) in [5.74, 6) is -1.27. The van der Waals surface area contributed by atoms with Gasteiger partial charge in [-0.05, 0) is 49.6 Å². The lowest BCUT2D eigenvalue weighted by atomic mass is 10.1. The molecule has 2 rings (SSSR count). The fourth-order valence-corrected chi connectivity index (χ4v) is 2.17. The normalized spacial score (nSPS) is 10.1. The van der Waals surface area contributed by atoms with Crippen LogP contribution in [-0.4, -0.2) is 29.5 Å². The maximum atomic E-state index is 11.9. The Morgan fingerprint density at radius 2 is 1.85 bits per heavy atom. The number of ether oxygens (including phenoxy) is 1. The Bertz CT molecular complexity index is 816. The van der Waals surface area contributed by atoms with Gasteiger partial charge in [-0.1, -0.05) is 18.2 Å². The number of hydrogen-bond acceptors (Lipinski definition) is 5. The molecular formula is C19H21N3O4. The van der Waals surface area contributed by atoms with Crippen molar-refractivity contribution in [1.82, 2.24) is 10.3 Å². The molecule has 26 heavy (non-hydrogen) atoms. The topological polar surface area (TPSA) is 97.4 Å². The summed E-state index contributed by atoms with van der Waals surface area (Å²) < 4.78 is 4.87. The van der Waals surface area contributed by atoms with Crippen LogP contribution < -0.4 is 10.6 Å². The van der Waals surface area contributed by atoms with Gasteiger partial charge in [0, 0.05) is 17.6 Å². The third-order valence-electron chi connectivity index (χ3n) is 3.79. The van der Waals surface area contributed by atoms with Crippen molar-refractivity contribution in [2.75, 3.05) is 11.9 Å². The number of aryl methyl sites for hydroxylation is 2. The highest BCUT2D eigenvalue weighted by atomic mass is 16.5. The minimum atomic E-state index is -0.705. The van der Waals surface area contributed by atoms with Crippen LogP contribution in [0.5, 0.6) is 0 Å². The smallest absolute Gasteiger partial charge is 0.325 e. The van der Waals surface area contributed by atoms with Gasteiger partial charge >= 0.3 is 12.0 Å². The van der Waals surface area contributed by atoms with E-state index in [1.54, 1.807) is 24.4 Å². The molecule has 3 amide bonds. The Balaban J connectivity index is 1.77. The van der Waals surface area contributed by atoms with Crippen LogP contribution in [0.3, 0.4) is 0 Å². The lowest BCUT2D eigenvalue weighted by Gasteiger charge is -2.11. The van der Waals surface area contributed by atoms with Crippen LogP contribution in [0.15, 0.2) is 36.5 Å². The van der Waals surface area contributed by atoms with E-state index in [0.717, 1.165) is 16.8 Å². The number of hydrogen-bond donors (Lipinski definition) is 2. The second-order valence-corrected chi connectivity index (χ2v) is 5.90. The van der Waals surface area contributed by atoms with E-state index in [1.807, 2.05) is 32.9 Å². The molecule has 0 saturated heterocycles. The lowest BCUT2D eigenvalue weighted by molar-refractivity contribution is -0.147. The van der Waals surface area contributed by atoms with Crippen LogP contribution in [-0.2, 0) is 20.7 Å². The monoisotopic (exact) mass is 355 g/mol. The molecule has 1 heterocycles. The molecule has 2 aromatic rings. The molecule has 0 bridgehead atoms. The average molecular weight is 355 g/mol. The van der Waals surface area contributed by atoms with Crippen molar-refractivity contribution in [3.63, 3.8) is 0 Å². The first-order valence-electron chi connectivity index (χ1n) is 8.09. The van der Waals surface area contributed by atoms with Crippen molar-refractivity contribution in [3.05, 3.63) is 58.9 Å². The average Bonchev–Trinajstić information content (AvgIpc) is 2.59. The Kier molecular flexibility index (Phi) is 6.43. The molecule has 0 unspecified atom stereocenters. The first-order valence-corrected chi connectivity index (χ1v) is 8.09. The Morgan fingerprint density at radius 3 is 2.54 bits per heavy atom. The summed E-state index contributed by atoms with van der Waals surface area (Å²) in [6.45, 7) is 5.11. The number of aromatic nitrogens is 1. The second-order valence-electron chi connectivity index (χ2n) is 5.90. The molecule has 0 aliphatic rings. The predicted molar refractivity (Wildman–Crippen MR) is 96.7 cm³/mol. The summed E-state index contributed by atoms with van der Waals surface area (Å²) in [6.07, 6.45) is 1.59. The number of urea groups is 1. The van der Waals surface area contributed by atoms with Crippen LogP contribution >= 0.6 is 0 Å². The molecule has 0 aliphatic carbocycles. The van der Waals surface area contributed by atoms with Crippen molar-refractivity contribution in [1.29, 1.82) is 0 Å². The summed E-state index contributed by atoms with van der Waals surface area (Å²) in [5.41, 5.74) is 4.08. The number of nitrogens with zero attached hydrogens (tertiary/aromatic N) is 1. The number of imide groups is 1. The van der Waals surface area contributed by atoms with E-state index < -0.39 is 24.5 Å². The maximum absolute atomic E-state index is 11.9. The molecule has 1 aromatic carbocycles. The van der Waals surface area contributed by atoms with Crippen LogP contribution in [0.25, 0.3) is 0 Å². The van der Waals surface area contributed by atoms with Gasteiger partial charge in [0.2, 0.25) is 0 Å². The third kappa shape index (κ3) is 5.70. The maximum Gasteiger partial charge on any atom is 0.325 e. The van der Waals surface area contributed by atoms with E-state index in [1.165, 1.54) is 0 Å². The number of benzene rings is 1. The van der Waals surface area contributed by atoms with Gasteiger partial charge in [-0.15, -0.1) is 0 Å². The molecule has 1 aromatic heterocycles. The molecule has 7 nitrogen and oxygen atoms in total. The summed E-state index contributed by atoms with van der Waals surface area (Å²) in [6, 6.07) is 8.34. The fourth-order valence-electron chi connectivity index (χ4n) is 2.17. The molecule has 0 radical (unpaired) electrons. The van der Waals surface area contributed by atoms with Gasteiger partial charge in [0.15, 0.2) is 6.61 Å². The standard InChI is InChI=1S/C19H21N3O4/c1-12-5-4-6-16(14(12)3)21-19(25)22-17(23)11-26-18(24)9-15-8-7-13(2)20-10-15/h4-8,10H,9,11H2,1-3H3,(H2,21,22,23,25). The number of nitrogens with one attached hydrogen (secondary N) is 2. The van der Waals surface area contributed by atoms with Crippen LogP contribution in [0.1, 0.15) is 22.4 Å². The minimum Gasteiger partial charge on any atom is -0.455 e. The quantitative estimate of drug-likeness (QED) is 0.803. The molecule has 0 saturated carbocycles. The zero-order chi connectivity index (χ0) is 19.1. The summed E-state index contributed by atoms with van der Waals surface area (Å²) in [7, 11) is 0. The largest absolute Gasteiger partial charge is 0.455 e. The molecule has 136 valence electrons. The zero-order valence-corrected chi connectivity index (χ0v) is 15.0. The highest BCUT2D eigenvalue weighted by Gasteiger charge is 2.12. The number of anilines is 1. The minimum absolute atomic E-state index is 0.00917. The van der Waals surface area contributed by atoms with Gasteiger partial charge in [-0.2, -0.15) is 0 Å². The highest BCUT2D eigenvalue weighted by molar-refractivity contribution is 6.02. The number of carbonyl (C=O) groups is 3. The zero-order valence-electron chi connectivity index (χ0n) is 15.0. The molecule has 7 heteroatoms. The molecule has 0 aliphatic heterocycles. The van der Waals surface area contributed by atoms with Gasteiger partial charge in [0.25, 0.3) is 5.91 Å². The molecule has 0 spiro atoms. The van der Waals surface area contributed by atoms with E-state index in [2.05, 4.69) is 15.6 Å².